The molecule has 22 heavy (non-hydrogen) atoms. The second kappa shape index (κ2) is 4.67. The van der Waals surface area contributed by atoms with Crippen LogP contribution in [0.25, 0.3) is 11.0 Å². The van der Waals surface area contributed by atoms with E-state index in [1.165, 1.54) is 0 Å². The molecule has 1 aliphatic rings. The lowest BCUT2D eigenvalue weighted by atomic mass is 9.92. The molecule has 0 unspecified atom stereocenters. The lowest BCUT2D eigenvalue weighted by molar-refractivity contribution is -0.119. The summed E-state index contributed by atoms with van der Waals surface area (Å²) in [5.74, 6) is -0.667. The molecule has 2 aromatic heterocycles. The average molecular weight is 289 g/mol. The van der Waals surface area contributed by atoms with Crippen molar-refractivity contribution in [1.82, 2.24) is 14.5 Å². The number of hydrogen-bond donors (Lipinski definition) is 1. The second-order valence-corrected chi connectivity index (χ2v) is 5.12. The number of pyridine rings is 1. The zero-order chi connectivity index (χ0) is 15.1. The summed E-state index contributed by atoms with van der Waals surface area (Å²) in [6, 6.07) is 13.0. The van der Waals surface area contributed by atoms with E-state index in [0.717, 1.165) is 16.6 Å². The third-order valence-electron chi connectivity index (χ3n) is 3.89. The molecule has 0 radical (unpaired) electrons. The monoisotopic (exact) mass is 289 g/mol. The molecule has 0 bridgehead atoms. The number of imidazole rings is 1. The predicted octanol–water partition coefficient (Wildman–Crippen LogP) is 2.11. The molecule has 1 amide bonds. The largest absolute Gasteiger partial charge is 0.300 e. The highest BCUT2D eigenvalue weighted by Gasteiger charge is 2.38. The van der Waals surface area contributed by atoms with Gasteiger partial charge in [0.15, 0.2) is 5.92 Å². The molecular formula is C16H11N5O. The number of benzene rings is 1. The van der Waals surface area contributed by atoms with E-state index < -0.39 is 12.0 Å². The van der Waals surface area contributed by atoms with Gasteiger partial charge in [-0.15, -0.1) is 0 Å². The van der Waals surface area contributed by atoms with Crippen molar-refractivity contribution < 1.29 is 4.79 Å². The maximum atomic E-state index is 12.2. The van der Waals surface area contributed by atoms with E-state index >= 15 is 0 Å². The second-order valence-electron chi connectivity index (χ2n) is 5.12. The quantitative estimate of drug-likeness (QED) is 0.743. The third kappa shape index (κ3) is 1.69. The number of fused-ring (bicyclic) bond motifs is 3. The molecule has 0 spiro atoms. The lowest BCUT2D eigenvalue weighted by Gasteiger charge is -2.29. The van der Waals surface area contributed by atoms with Crippen molar-refractivity contribution in [2.24, 2.45) is 5.92 Å². The van der Waals surface area contributed by atoms with Gasteiger partial charge in [-0.2, -0.15) is 5.26 Å². The number of para-hydroxylation sites is 2. The molecule has 106 valence electrons. The van der Waals surface area contributed by atoms with Gasteiger partial charge in [0, 0.05) is 12.4 Å². The maximum Gasteiger partial charge on any atom is 0.246 e. The van der Waals surface area contributed by atoms with Crippen molar-refractivity contribution in [3.63, 3.8) is 0 Å². The van der Waals surface area contributed by atoms with E-state index in [1.54, 1.807) is 12.4 Å². The molecular weight excluding hydrogens is 278 g/mol. The highest BCUT2D eigenvalue weighted by Crippen LogP contribution is 2.37. The Kier molecular flexibility index (Phi) is 2.66. The van der Waals surface area contributed by atoms with E-state index in [0.29, 0.717) is 5.95 Å². The Labute approximate surface area is 126 Å². The molecule has 0 saturated carbocycles. The smallest absolute Gasteiger partial charge is 0.246 e. The number of anilines is 1. The Morgan fingerprint density at radius 2 is 1.95 bits per heavy atom. The first kappa shape index (κ1) is 12.5. The Bertz CT molecular complexity index is 909. The van der Waals surface area contributed by atoms with Crippen LogP contribution < -0.4 is 5.32 Å². The third-order valence-corrected chi connectivity index (χ3v) is 3.89. The van der Waals surface area contributed by atoms with Crippen LogP contribution in [0.1, 0.15) is 11.6 Å². The van der Waals surface area contributed by atoms with Crippen LogP contribution >= 0.6 is 0 Å². The molecule has 0 fully saturated rings. The molecule has 6 heteroatoms. The van der Waals surface area contributed by atoms with Crippen molar-refractivity contribution in [1.29, 1.82) is 5.26 Å². The highest BCUT2D eigenvalue weighted by molar-refractivity contribution is 5.97. The first-order chi connectivity index (χ1) is 10.8. The number of nitriles is 1. The van der Waals surface area contributed by atoms with Crippen molar-refractivity contribution in [2.45, 2.75) is 6.04 Å². The Balaban J connectivity index is 2.03. The van der Waals surface area contributed by atoms with Gasteiger partial charge in [-0.1, -0.05) is 12.1 Å². The normalized spacial score (nSPS) is 20.2. The van der Waals surface area contributed by atoms with Crippen LogP contribution in [-0.2, 0) is 4.79 Å². The SMILES string of the molecule is N#C[C@@H]1C(=O)Nc2nc3ccccc3n2[C@@H]1c1ccncc1. The summed E-state index contributed by atoms with van der Waals surface area (Å²) >= 11 is 0. The topological polar surface area (TPSA) is 83.6 Å². The van der Waals surface area contributed by atoms with Crippen LogP contribution in [0.4, 0.5) is 5.95 Å². The minimum Gasteiger partial charge on any atom is -0.300 e. The summed E-state index contributed by atoms with van der Waals surface area (Å²) in [6.45, 7) is 0. The van der Waals surface area contributed by atoms with Crippen LogP contribution in [0, 0.1) is 17.2 Å². The first-order valence-electron chi connectivity index (χ1n) is 6.87. The van der Waals surface area contributed by atoms with Crippen molar-refractivity contribution >= 4 is 22.9 Å². The molecule has 4 rings (SSSR count). The van der Waals surface area contributed by atoms with Crippen LogP contribution in [0.2, 0.25) is 0 Å². The van der Waals surface area contributed by atoms with E-state index in [2.05, 4.69) is 21.4 Å². The molecule has 3 aromatic rings. The van der Waals surface area contributed by atoms with Gasteiger partial charge in [0.1, 0.15) is 0 Å². The number of rotatable bonds is 1. The molecule has 0 saturated heterocycles. The Hall–Kier alpha value is -3.20. The average Bonchev–Trinajstić information content (AvgIpc) is 2.92. The molecule has 3 heterocycles. The zero-order valence-corrected chi connectivity index (χ0v) is 11.5. The molecule has 6 nitrogen and oxygen atoms in total. The number of aromatic nitrogens is 3. The van der Waals surface area contributed by atoms with E-state index in [9.17, 15) is 10.1 Å². The Morgan fingerprint density at radius 1 is 1.18 bits per heavy atom. The number of nitrogens with one attached hydrogen (secondary N) is 1. The molecule has 0 aliphatic carbocycles. The summed E-state index contributed by atoms with van der Waals surface area (Å²) in [5, 5.41) is 12.2. The van der Waals surface area contributed by atoms with Gasteiger partial charge in [0.05, 0.1) is 23.1 Å². The number of hydrogen-bond acceptors (Lipinski definition) is 4. The van der Waals surface area contributed by atoms with E-state index in [1.807, 2.05) is 41.0 Å². The minimum atomic E-state index is -0.812. The number of nitrogens with zero attached hydrogens (tertiary/aromatic N) is 4. The first-order valence-corrected chi connectivity index (χ1v) is 6.87. The number of amides is 1. The van der Waals surface area contributed by atoms with Gasteiger partial charge in [-0.3, -0.25) is 15.1 Å². The van der Waals surface area contributed by atoms with Gasteiger partial charge in [0.25, 0.3) is 0 Å². The standard InChI is InChI=1S/C16H11N5O/c17-9-11-14(10-5-7-18-8-6-10)21-13-4-2-1-3-12(13)19-16(21)20-15(11)22/h1-8,11,14H,(H,19,20,22)/t11-,14+/m0/s1. The highest BCUT2D eigenvalue weighted by atomic mass is 16.2. The zero-order valence-electron chi connectivity index (χ0n) is 11.5. The van der Waals surface area contributed by atoms with Crippen LogP contribution in [0.3, 0.4) is 0 Å². The minimum absolute atomic E-state index is 0.327. The fraction of sp³-hybridized carbons (Fsp3) is 0.125. The molecule has 1 aliphatic heterocycles. The van der Waals surface area contributed by atoms with Crippen LogP contribution in [0.5, 0.6) is 0 Å². The maximum absolute atomic E-state index is 12.2. The lowest BCUT2D eigenvalue weighted by Crippen LogP contribution is -2.37. The van der Waals surface area contributed by atoms with E-state index in [-0.39, 0.29) is 5.91 Å². The summed E-state index contributed by atoms with van der Waals surface area (Å²) < 4.78 is 1.92. The summed E-state index contributed by atoms with van der Waals surface area (Å²) in [5.41, 5.74) is 2.54. The van der Waals surface area contributed by atoms with Gasteiger partial charge in [0.2, 0.25) is 11.9 Å². The van der Waals surface area contributed by atoms with Crippen molar-refractivity contribution in [3.05, 3.63) is 54.4 Å². The van der Waals surface area contributed by atoms with Crippen LogP contribution in [-0.4, -0.2) is 20.4 Å². The van der Waals surface area contributed by atoms with Crippen LogP contribution in [0.15, 0.2) is 48.8 Å². The van der Waals surface area contributed by atoms with E-state index in [4.69, 9.17) is 0 Å². The Morgan fingerprint density at radius 3 is 2.73 bits per heavy atom. The van der Waals surface area contributed by atoms with Gasteiger partial charge in [-0.25, -0.2) is 4.98 Å². The summed E-state index contributed by atoms with van der Waals surface area (Å²) in [6.07, 6.45) is 3.32. The number of carbonyl (C=O) groups excluding carboxylic acids is 1. The fourth-order valence-electron chi connectivity index (χ4n) is 2.93. The fourth-order valence-corrected chi connectivity index (χ4v) is 2.93. The van der Waals surface area contributed by atoms with Gasteiger partial charge in [-0.05, 0) is 29.8 Å². The van der Waals surface area contributed by atoms with Crippen molar-refractivity contribution in [2.75, 3.05) is 5.32 Å². The number of carbonyl (C=O) groups is 1. The van der Waals surface area contributed by atoms with Crippen molar-refractivity contribution in [3.8, 4) is 6.07 Å². The summed E-state index contributed by atoms with van der Waals surface area (Å²) in [4.78, 5) is 20.7. The molecule has 1 N–H and O–H groups in total. The van der Waals surface area contributed by atoms with Gasteiger partial charge >= 0.3 is 0 Å². The molecule has 1 aromatic carbocycles. The van der Waals surface area contributed by atoms with Gasteiger partial charge < -0.3 is 4.57 Å². The molecule has 2 atom stereocenters. The predicted molar refractivity (Wildman–Crippen MR) is 79.8 cm³/mol. The summed E-state index contributed by atoms with van der Waals surface area (Å²) in [7, 11) is 0.